The monoisotopic (exact) mass is 364 g/mol. The fourth-order valence-corrected chi connectivity index (χ4v) is 2.28. The Kier molecular flexibility index (Phi) is 6.40. The fraction of sp³-hybridized carbons (Fsp3) is 0.235. The zero-order chi connectivity index (χ0) is 15.8. The number of carbonyl (C=O) groups excluding carboxylic acids is 1. The summed E-state index contributed by atoms with van der Waals surface area (Å²) in [7, 11) is 0. The number of halogens is 2. The van der Waals surface area contributed by atoms with Crippen molar-refractivity contribution in [2.24, 2.45) is 0 Å². The number of benzene rings is 2. The van der Waals surface area contributed by atoms with Gasteiger partial charge in [-0.3, -0.25) is 4.79 Å². The van der Waals surface area contributed by atoms with Crippen LogP contribution in [0.5, 0.6) is 0 Å². The average Bonchev–Trinajstić information content (AvgIpc) is 2.51. The van der Waals surface area contributed by atoms with Crippen LogP contribution in [0.15, 0.2) is 53.0 Å². The molecule has 22 heavy (non-hydrogen) atoms. The van der Waals surface area contributed by atoms with E-state index in [-0.39, 0.29) is 11.7 Å². The molecule has 0 aliphatic carbocycles. The van der Waals surface area contributed by atoms with E-state index in [0.29, 0.717) is 31.5 Å². The minimum absolute atomic E-state index is 0.0408. The highest BCUT2D eigenvalue weighted by atomic mass is 79.9. The normalized spacial score (nSPS) is 10.3. The van der Waals surface area contributed by atoms with Crippen molar-refractivity contribution in [2.45, 2.75) is 12.8 Å². The maximum Gasteiger partial charge on any atom is 0.221 e. The molecule has 0 aliphatic rings. The largest absolute Gasteiger partial charge is 0.385 e. The van der Waals surface area contributed by atoms with Crippen LogP contribution in [0.2, 0.25) is 0 Å². The Labute approximate surface area is 138 Å². The van der Waals surface area contributed by atoms with Crippen LogP contribution < -0.4 is 10.6 Å². The molecule has 5 heteroatoms. The molecule has 2 aromatic rings. The maximum atomic E-state index is 13.4. The van der Waals surface area contributed by atoms with Gasteiger partial charge < -0.3 is 10.6 Å². The first-order chi connectivity index (χ1) is 10.6. The Bertz CT molecular complexity index is 616. The molecule has 0 fully saturated rings. The molecule has 2 aromatic carbocycles. The van der Waals surface area contributed by atoms with E-state index >= 15 is 0 Å². The van der Waals surface area contributed by atoms with Crippen LogP contribution in [-0.4, -0.2) is 19.0 Å². The molecule has 0 radical (unpaired) electrons. The summed E-state index contributed by atoms with van der Waals surface area (Å²) in [6.07, 6.45) is 0.881. The van der Waals surface area contributed by atoms with Crippen LogP contribution in [0.3, 0.4) is 0 Å². The molecule has 0 aliphatic heterocycles. The van der Waals surface area contributed by atoms with E-state index in [4.69, 9.17) is 0 Å². The molecule has 0 saturated heterocycles. The molecule has 2 rings (SSSR count). The lowest BCUT2D eigenvalue weighted by Gasteiger charge is -2.08. The summed E-state index contributed by atoms with van der Waals surface area (Å²) >= 11 is 3.37. The van der Waals surface area contributed by atoms with Gasteiger partial charge >= 0.3 is 0 Å². The molecule has 116 valence electrons. The van der Waals surface area contributed by atoms with Gasteiger partial charge in [-0.1, -0.05) is 34.1 Å². The van der Waals surface area contributed by atoms with E-state index in [9.17, 15) is 9.18 Å². The molecule has 0 spiro atoms. The van der Waals surface area contributed by atoms with Gasteiger partial charge in [0.05, 0.1) is 0 Å². The lowest BCUT2D eigenvalue weighted by atomic mass is 10.1. The second kappa shape index (κ2) is 8.54. The van der Waals surface area contributed by atoms with Gasteiger partial charge in [0, 0.05) is 29.7 Å². The number of rotatable bonds is 7. The topological polar surface area (TPSA) is 41.1 Å². The van der Waals surface area contributed by atoms with Gasteiger partial charge in [-0.15, -0.1) is 0 Å². The van der Waals surface area contributed by atoms with Crippen LogP contribution >= 0.6 is 15.9 Å². The van der Waals surface area contributed by atoms with Crippen LogP contribution in [0.1, 0.15) is 12.0 Å². The van der Waals surface area contributed by atoms with Crippen molar-refractivity contribution in [3.63, 3.8) is 0 Å². The molecule has 0 heterocycles. The van der Waals surface area contributed by atoms with E-state index < -0.39 is 0 Å². The van der Waals surface area contributed by atoms with Crippen LogP contribution in [0.25, 0.3) is 0 Å². The number of carbonyl (C=O) groups is 1. The van der Waals surface area contributed by atoms with Crippen molar-refractivity contribution in [3.05, 3.63) is 64.4 Å². The molecule has 2 N–H and O–H groups in total. The second-order valence-electron chi connectivity index (χ2n) is 4.88. The minimum Gasteiger partial charge on any atom is -0.385 e. The number of amides is 1. The van der Waals surface area contributed by atoms with Gasteiger partial charge in [0.2, 0.25) is 5.91 Å². The summed E-state index contributed by atoms with van der Waals surface area (Å²) in [6, 6.07) is 14.4. The Hall–Kier alpha value is -1.88. The van der Waals surface area contributed by atoms with Crippen molar-refractivity contribution < 1.29 is 9.18 Å². The zero-order valence-electron chi connectivity index (χ0n) is 12.1. The molecule has 0 aromatic heterocycles. The van der Waals surface area contributed by atoms with Crippen LogP contribution in [0, 0.1) is 5.82 Å². The molecular weight excluding hydrogens is 347 g/mol. The first-order valence-electron chi connectivity index (χ1n) is 7.15. The Balaban J connectivity index is 1.64. The zero-order valence-corrected chi connectivity index (χ0v) is 13.7. The van der Waals surface area contributed by atoms with E-state index in [2.05, 4.69) is 26.6 Å². The smallest absolute Gasteiger partial charge is 0.221 e. The molecular formula is C17H18BrFN2O. The highest BCUT2D eigenvalue weighted by Gasteiger charge is 2.03. The molecule has 0 bridgehead atoms. The summed E-state index contributed by atoms with van der Waals surface area (Å²) in [5.74, 6) is -0.269. The predicted molar refractivity (Wildman–Crippen MR) is 90.4 cm³/mol. The summed E-state index contributed by atoms with van der Waals surface area (Å²) in [4.78, 5) is 11.7. The summed E-state index contributed by atoms with van der Waals surface area (Å²) in [5.41, 5.74) is 1.60. The fourth-order valence-electron chi connectivity index (χ4n) is 2.01. The Morgan fingerprint density at radius 2 is 1.77 bits per heavy atom. The number of hydrogen-bond acceptors (Lipinski definition) is 2. The minimum atomic E-state index is -0.228. The van der Waals surface area contributed by atoms with Crippen LogP contribution in [0.4, 0.5) is 10.1 Å². The molecule has 3 nitrogen and oxygen atoms in total. The van der Waals surface area contributed by atoms with Gasteiger partial charge in [-0.25, -0.2) is 4.39 Å². The molecule has 0 atom stereocenters. The third-order valence-corrected chi connectivity index (χ3v) is 3.73. The van der Waals surface area contributed by atoms with Gasteiger partial charge in [0.1, 0.15) is 5.82 Å². The molecule has 0 saturated carbocycles. The standard InChI is InChI=1S/C17H18BrFN2O/c18-14-5-7-15(8-6-14)20-12-10-17(22)21-11-9-13-3-1-2-4-16(13)19/h1-8,20H,9-12H2,(H,21,22). The first-order valence-corrected chi connectivity index (χ1v) is 7.94. The number of anilines is 1. The number of hydrogen-bond donors (Lipinski definition) is 2. The van der Waals surface area contributed by atoms with Gasteiger partial charge in [-0.2, -0.15) is 0 Å². The van der Waals surface area contributed by atoms with Crippen molar-refractivity contribution in [1.29, 1.82) is 0 Å². The summed E-state index contributed by atoms with van der Waals surface area (Å²) < 4.78 is 14.4. The van der Waals surface area contributed by atoms with Crippen molar-refractivity contribution in [1.82, 2.24) is 5.32 Å². The van der Waals surface area contributed by atoms with Crippen molar-refractivity contribution in [2.75, 3.05) is 18.4 Å². The van der Waals surface area contributed by atoms with Crippen molar-refractivity contribution >= 4 is 27.5 Å². The first kappa shape index (κ1) is 16.5. The third kappa shape index (κ3) is 5.48. The molecule has 0 unspecified atom stereocenters. The lowest BCUT2D eigenvalue weighted by molar-refractivity contribution is -0.120. The third-order valence-electron chi connectivity index (χ3n) is 3.20. The van der Waals surface area contributed by atoms with Gasteiger partial charge in [0.15, 0.2) is 0 Å². The van der Waals surface area contributed by atoms with E-state index in [1.54, 1.807) is 18.2 Å². The average molecular weight is 365 g/mol. The number of nitrogens with one attached hydrogen (secondary N) is 2. The van der Waals surface area contributed by atoms with Gasteiger partial charge in [0.25, 0.3) is 0 Å². The second-order valence-corrected chi connectivity index (χ2v) is 5.79. The van der Waals surface area contributed by atoms with Crippen LogP contribution in [-0.2, 0) is 11.2 Å². The van der Waals surface area contributed by atoms with E-state index in [1.807, 2.05) is 24.3 Å². The van der Waals surface area contributed by atoms with Crippen molar-refractivity contribution in [3.8, 4) is 0 Å². The Morgan fingerprint density at radius 1 is 1.05 bits per heavy atom. The highest BCUT2D eigenvalue weighted by Crippen LogP contribution is 2.13. The lowest BCUT2D eigenvalue weighted by Crippen LogP contribution is -2.27. The summed E-state index contributed by atoms with van der Waals surface area (Å²) in [6.45, 7) is 1.01. The summed E-state index contributed by atoms with van der Waals surface area (Å²) in [5, 5.41) is 5.98. The molecule has 1 amide bonds. The quantitative estimate of drug-likeness (QED) is 0.785. The van der Waals surface area contributed by atoms with E-state index in [1.165, 1.54) is 6.07 Å². The Morgan fingerprint density at radius 3 is 2.50 bits per heavy atom. The predicted octanol–water partition coefficient (Wildman–Crippen LogP) is 3.75. The SMILES string of the molecule is O=C(CCNc1ccc(Br)cc1)NCCc1ccccc1F. The van der Waals surface area contributed by atoms with E-state index in [0.717, 1.165) is 10.2 Å². The maximum absolute atomic E-state index is 13.4. The highest BCUT2D eigenvalue weighted by molar-refractivity contribution is 9.10. The van der Waals surface area contributed by atoms with Gasteiger partial charge in [-0.05, 0) is 42.3 Å².